The largest absolute Gasteiger partial charge is 0.268 e. The Balaban J connectivity index is 2.54. The van der Waals surface area contributed by atoms with Crippen LogP contribution in [0.5, 0.6) is 0 Å². The first-order valence-corrected chi connectivity index (χ1v) is 7.98. The summed E-state index contributed by atoms with van der Waals surface area (Å²) in [5.74, 6) is -2.02. The van der Waals surface area contributed by atoms with E-state index in [1.807, 2.05) is 0 Å². The van der Waals surface area contributed by atoms with Gasteiger partial charge in [-0.2, -0.15) is 0 Å². The van der Waals surface area contributed by atoms with Crippen LogP contribution in [0.15, 0.2) is 33.1 Å². The van der Waals surface area contributed by atoms with Crippen LogP contribution in [-0.2, 0) is 10.0 Å². The summed E-state index contributed by atoms with van der Waals surface area (Å²) in [4.78, 5) is 3.22. The van der Waals surface area contributed by atoms with Gasteiger partial charge in [-0.15, -0.1) is 11.3 Å². The first kappa shape index (κ1) is 14.4. The van der Waals surface area contributed by atoms with Crippen molar-refractivity contribution in [2.75, 3.05) is 11.4 Å². The van der Waals surface area contributed by atoms with E-state index in [0.717, 1.165) is 21.7 Å². The summed E-state index contributed by atoms with van der Waals surface area (Å²) in [6.07, 6.45) is 1.43. The van der Waals surface area contributed by atoms with Crippen LogP contribution in [0, 0.1) is 11.6 Å². The normalized spacial score (nSPS) is 11.6. The fourth-order valence-corrected chi connectivity index (χ4v) is 3.88. The molecule has 1 heterocycles. The van der Waals surface area contributed by atoms with Crippen LogP contribution in [0.1, 0.15) is 0 Å². The highest BCUT2D eigenvalue weighted by Crippen LogP contribution is 2.28. The van der Waals surface area contributed by atoms with Crippen LogP contribution in [-0.4, -0.2) is 20.4 Å². The molecule has 0 aliphatic carbocycles. The maximum atomic E-state index is 13.6. The minimum absolute atomic E-state index is 0.125. The molecule has 0 saturated heterocycles. The molecule has 0 aliphatic rings. The Morgan fingerprint density at radius 2 is 2.00 bits per heavy atom. The van der Waals surface area contributed by atoms with Crippen molar-refractivity contribution < 1.29 is 17.2 Å². The molecule has 0 radical (unpaired) electrons. The molecule has 0 N–H and O–H groups in total. The minimum atomic E-state index is -4.12. The Morgan fingerprint density at radius 1 is 1.32 bits per heavy atom. The van der Waals surface area contributed by atoms with E-state index in [9.17, 15) is 17.2 Å². The quantitative estimate of drug-likeness (QED) is 0.782. The SMILES string of the molecule is CN(c1nccs1)S(=O)(=O)c1cc(Br)c(F)cc1F. The molecule has 19 heavy (non-hydrogen) atoms. The van der Waals surface area contributed by atoms with Crippen molar-refractivity contribution in [1.29, 1.82) is 0 Å². The number of hydrogen-bond donors (Lipinski definition) is 0. The smallest absolute Gasteiger partial charge is 0.244 e. The Hall–Kier alpha value is -1.06. The van der Waals surface area contributed by atoms with Gasteiger partial charge in [-0.25, -0.2) is 26.5 Å². The summed E-state index contributed by atoms with van der Waals surface area (Å²) in [7, 11) is -2.87. The van der Waals surface area contributed by atoms with E-state index in [4.69, 9.17) is 0 Å². The van der Waals surface area contributed by atoms with Crippen molar-refractivity contribution in [3.05, 3.63) is 39.8 Å². The van der Waals surface area contributed by atoms with Crippen LogP contribution in [0.2, 0.25) is 0 Å². The fourth-order valence-electron chi connectivity index (χ4n) is 1.32. The molecule has 1 aromatic carbocycles. The summed E-state index contributed by atoms with van der Waals surface area (Å²) in [6, 6.07) is 1.41. The molecule has 2 rings (SSSR count). The second-order valence-corrected chi connectivity index (χ2v) is 7.15. The van der Waals surface area contributed by atoms with E-state index in [2.05, 4.69) is 20.9 Å². The zero-order valence-electron chi connectivity index (χ0n) is 9.47. The highest BCUT2D eigenvalue weighted by molar-refractivity contribution is 9.10. The second-order valence-electron chi connectivity index (χ2n) is 3.48. The molecule has 0 spiro atoms. The molecule has 9 heteroatoms. The third-order valence-electron chi connectivity index (χ3n) is 2.30. The van der Waals surface area contributed by atoms with Crippen molar-refractivity contribution in [2.24, 2.45) is 0 Å². The maximum Gasteiger partial charge on any atom is 0.268 e. The van der Waals surface area contributed by atoms with E-state index >= 15 is 0 Å². The van der Waals surface area contributed by atoms with Gasteiger partial charge in [0.2, 0.25) is 0 Å². The molecule has 102 valence electrons. The number of halogens is 3. The van der Waals surface area contributed by atoms with Gasteiger partial charge in [0.1, 0.15) is 16.5 Å². The van der Waals surface area contributed by atoms with Gasteiger partial charge < -0.3 is 0 Å². The van der Waals surface area contributed by atoms with E-state index in [1.165, 1.54) is 13.2 Å². The fraction of sp³-hybridized carbons (Fsp3) is 0.100. The Labute approximate surface area is 120 Å². The van der Waals surface area contributed by atoms with E-state index < -0.39 is 26.6 Å². The van der Waals surface area contributed by atoms with Gasteiger partial charge in [-0.3, -0.25) is 0 Å². The van der Waals surface area contributed by atoms with Gasteiger partial charge in [0.15, 0.2) is 5.13 Å². The lowest BCUT2D eigenvalue weighted by Gasteiger charge is -2.16. The molecular weight excluding hydrogens is 362 g/mol. The van der Waals surface area contributed by atoms with E-state index in [1.54, 1.807) is 5.38 Å². The van der Waals surface area contributed by atoms with Gasteiger partial charge >= 0.3 is 0 Å². The molecule has 4 nitrogen and oxygen atoms in total. The number of rotatable bonds is 3. The molecule has 0 bridgehead atoms. The Morgan fingerprint density at radius 3 is 2.58 bits per heavy atom. The number of sulfonamides is 1. The van der Waals surface area contributed by atoms with Crippen molar-refractivity contribution in [3.8, 4) is 0 Å². The summed E-state index contributed by atoms with van der Waals surface area (Å²) in [5.41, 5.74) is 0. The van der Waals surface area contributed by atoms with Gasteiger partial charge in [0.25, 0.3) is 10.0 Å². The second kappa shape index (κ2) is 5.14. The number of benzene rings is 1. The van der Waals surface area contributed by atoms with Crippen LogP contribution >= 0.6 is 27.3 Å². The maximum absolute atomic E-state index is 13.6. The minimum Gasteiger partial charge on any atom is -0.244 e. The monoisotopic (exact) mass is 368 g/mol. The lowest BCUT2D eigenvalue weighted by molar-refractivity contribution is 0.545. The highest BCUT2D eigenvalue weighted by atomic mass is 79.9. The standard InChI is InChI=1S/C10H7BrF2N2O2S2/c1-15(10-14-2-3-18-10)19(16,17)9-4-6(11)7(12)5-8(9)13/h2-5H,1H3. The number of thiazole rings is 1. The highest BCUT2D eigenvalue weighted by Gasteiger charge is 2.27. The van der Waals surface area contributed by atoms with Gasteiger partial charge in [0, 0.05) is 24.7 Å². The molecule has 0 aliphatic heterocycles. The summed E-state index contributed by atoms with van der Waals surface area (Å²) >= 11 is 3.93. The van der Waals surface area contributed by atoms with Crippen LogP contribution in [0.4, 0.5) is 13.9 Å². The molecule has 2 aromatic rings. The van der Waals surface area contributed by atoms with E-state index in [-0.39, 0.29) is 9.60 Å². The molecule has 0 atom stereocenters. The molecular formula is C10H7BrF2N2O2S2. The third-order valence-corrected chi connectivity index (χ3v) is 5.64. The topological polar surface area (TPSA) is 50.3 Å². The first-order chi connectivity index (χ1) is 8.84. The first-order valence-electron chi connectivity index (χ1n) is 4.87. The Bertz CT molecular complexity index is 705. The average molecular weight is 369 g/mol. The van der Waals surface area contributed by atoms with Crippen LogP contribution in [0.3, 0.4) is 0 Å². The van der Waals surface area contributed by atoms with E-state index in [0.29, 0.717) is 6.07 Å². The number of aromatic nitrogens is 1. The van der Waals surface area contributed by atoms with Gasteiger partial charge in [0.05, 0.1) is 4.47 Å². The summed E-state index contributed by atoms with van der Waals surface area (Å²) in [6.45, 7) is 0. The van der Waals surface area contributed by atoms with Gasteiger partial charge in [-0.1, -0.05) is 0 Å². The lowest BCUT2D eigenvalue weighted by atomic mass is 10.3. The molecule has 0 amide bonds. The summed E-state index contributed by atoms with van der Waals surface area (Å²) in [5, 5.41) is 1.79. The van der Waals surface area contributed by atoms with Crippen LogP contribution < -0.4 is 4.31 Å². The molecule has 0 fully saturated rings. The Kier molecular flexibility index (Phi) is 3.88. The predicted octanol–water partition coefficient (Wildman–Crippen LogP) is 3.01. The van der Waals surface area contributed by atoms with Crippen molar-refractivity contribution in [2.45, 2.75) is 4.90 Å². The molecule has 0 unspecified atom stereocenters. The molecule has 0 saturated carbocycles. The van der Waals surface area contributed by atoms with Crippen molar-refractivity contribution in [3.63, 3.8) is 0 Å². The number of nitrogens with zero attached hydrogens (tertiary/aromatic N) is 2. The van der Waals surface area contributed by atoms with Crippen molar-refractivity contribution in [1.82, 2.24) is 4.98 Å². The lowest BCUT2D eigenvalue weighted by Crippen LogP contribution is -2.27. The molecule has 1 aromatic heterocycles. The number of hydrogen-bond acceptors (Lipinski definition) is 4. The zero-order valence-corrected chi connectivity index (χ0v) is 12.7. The third kappa shape index (κ3) is 2.63. The summed E-state index contributed by atoms with van der Waals surface area (Å²) < 4.78 is 51.9. The predicted molar refractivity (Wildman–Crippen MR) is 71.8 cm³/mol. The zero-order chi connectivity index (χ0) is 14.2. The average Bonchev–Trinajstić information content (AvgIpc) is 2.86. The van der Waals surface area contributed by atoms with Crippen molar-refractivity contribution >= 4 is 42.4 Å². The van der Waals surface area contributed by atoms with Crippen LogP contribution in [0.25, 0.3) is 0 Å². The number of anilines is 1. The van der Waals surface area contributed by atoms with Gasteiger partial charge in [-0.05, 0) is 22.0 Å².